The highest BCUT2D eigenvalue weighted by atomic mass is 79.9. The third kappa shape index (κ3) is 5.40. The van der Waals surface area contributed by atoms with E-state index < -0.39 is 6.04 Å². The zero-order valence-corrected chi connectivity index (χ0v) is 12.5. The molecule has 0 fully saturated rings. The molecule has 1 aromatic carbocycles. The Morgan fingerprint density at radius 3 is 2.79 bits per heavy atom. The molecule has 5 nitrogen and oxygen atoms in total. The summed E-state index contributed by atoms with van der Waals surface area (Å²) in [5.74, 6) is -0.518. The molecule has 0 spiro atoms. The van der Waals surface area contributed by atoms with Gasteiger partial charge in [-0.2, -0.15) is 0 Å². The van der Waals surface area contributed by atoms with E-state index in [9.17, 15) is 9.59 Å². The summed E-state index contributed by atoms with van der Waals surface area (Å²) >= 11 is 3.29. The Bertz CT molecular complexity index is 451. The van der Waals surface area contributed by atoms with Gasteiger partial charge in [0, 0.05) is 23.7 Å². The van der Waals surface area contributed by atoms with Crippen LogP contribution in [0.3, 0.4) is 0 Å². The van der Waals surface area contributed by atoms with Gasteiger partial charge in [-0.05, 0) is 25.1 Å². The maximum absolute atomic E-state index is 11.9. The third-order valence-corrected chi connectivity index (χ3v) is 2.93. The van der Waals surface area contributed by atoms with Crippen LogP contribution in [0.4, 0.5) is 0 Å². The van der Waals surface area contributed by atoms with E-state index in [2.05, 4.69) is 26.6 Å². The number of carbonyl (C=O) groups excluding carboxylic acids is 2. The largest absolute Gasteiger partial charge is 0.383 e. The molecule has 0 aromatic heterocycles. The molecule has 0 saturated carbocycles. The van der Waals surface area contributed by atoms with Crippen molar-refractivity contribution in [3.05, 3.63) is 34.3 Å². The predicted molar refractivity (Wildman–Crippen MR) is 76.0 cm³/mol. The van der Waals surface area contributed by atoms with Crippen molar-refractivity contribution in [3.63, 3.8) is 0 Å². The van der Waals surface area contributed by atoms with E-state index in [0.717, 1.165) is 4.47 Å². The quantitative estimate of drug-likeness (QED) is 0.774. The molecule has 2 amide bonds. The van der Waals surface area contributed by atoms with Crippen molar-refractivity contribution in [3.8, 4) is 0 Å². The van der Waals surface area contributed by atoms with Gasteiger partial charge in [-0.15, -0.1) is 0 Å². The van der Waals surface area contributed by atoms with Gasteiger partial charge in [0.2, 0.25) is 5.91 Å². The van der Waals surface area contributed by atoms with Crippen molar-refractivity contribution in [2.24, 2.45) is 0 Å². The second-order valence-corrected chi connectivity index (χ2v) is 4.90. The Hall–Kier alpha value is -1.40. The predicted octanol–water partition coefficient (Wildman–Crippen LogP) is 1.33. The average Bonchev–Trinajstić information content (AvgIpc) is 2.38. The Kier molecular flexibility index (Phi) is 6.52. The lowest BCUT2D eigenvalue weighted by Crippen LogP contribution is -2.45. The van der Waals surface area contributed by atoms with Gasteiger partial charge < -0.3 is 15.4 Å². The van der Waals surface area contributed by atoms with Crippen LogP contribution in [0.1, 0.15) is 17.3 Å². The first-order valence-electron chi connectivity index (χ1n) is 5.87. The number of carbonyl (C=O) groups is 2. The minimum absolute atomic E-state index is 0.236. The molecule has 1 aromatic rings. The topological polar surface area (TPSA) is 67.4 Å². The summed E-state index contributed by atoms with van der Waals surface area (Å²) in [6.45, 7) is 2.50. The van der Waals surface area contributed by atoms with Gasteiger partial charge in [0.25, 0.3) is 5.91 Å². The third-order valence-electron chi connectivity index (χ3n) is 2.43. The summed E-state index contributed by atoms with van der Waals surface area (Å²) in [5, 5.41) is 5.30. The molecule has 104 valence electrons. The van der Waals surface area contributed by atoms with E-state index in [-0.39, 0.29) is 11.8 Å². The molecule has 2 N–H and O–H groups in total. The van der Waals surface area contributed by atoms with Crippen LogP contribution >= 0.6 is 15.9 Å². The first kappa shape index (κ1) is 15.7. The fourth-order valence-corrected chi connectivity index (χ4v) is 1.80. The molecule has 0 heterocycles. The zero-order valence-electron chi connectivity index (χ0n) is 10.9. The van der Waals surface area contributed by atoms with Crippen LogP contribution in [0.2, 0.25) is 0 Å². The average molecular weight is 329 g/mol. The number of nitrogens with one attached hydrogen (secondary N) is 2. The van der Waals surface area contributed by atoms with Gasteiger partial charge in [-0.25, -0.2) is 0 Å². The van der Waals surface area contributed by atoms with Crippen molar-refractivity contribution in [1.82, 2.24) is 10.6 Å². The summed E-state index contributed by atoms with van der Waals surface area (Å²) in [4.78, 5) is 23.6. The van der Waals surface area contributed by atoms with Gasteiger partial charge in [-0.1, -0.05) is 22.0 Å². The van der Waals surface area contributed by atoms with E-state index in [1.54, 1.807) is 32.2 Å². The number of ether oxygens (including phenoxy) is 1. The van der Waals surface area contributed by atoms with Gasteiger partial charge >= 0.3 is 0 Å². The number of amides is 2. The van der Waals surface area contributed by atoms with Crippen LogP contribution in [-0.2, 0) is 9.53 Å². The van der Waals surface area contributed by atoms with Crippen molar-refractivity contribution in [1.29, 1.82) is 0 Å². The molecule has 6 heteroatoms. The number of halogens is 1. The molecule has 19 heavy (non-hydrogen) atoms. The normalized spacial score (nSPS) is 11.7. The fourth-order valence-electron chi connectivity index (χ4n) is 1.40. The van der Waals surface area contributed by atoms with E-state index in [0.29, 0.717) is 18.7 Å². The monoisotopic (exact) mass is 328 g/mol. The van der Waals surface area contributed by atoms with Crippen molar-refractivity contribution < 1.29 is 14.3 Å². The minimum Gasteiger partial charge on any atom is -0.383 e. The second-order valence-electron chi connectivity index (χ2n) is 3.99. The Morgan fingerprint density at radius 2 is 2.16 bits per heavy atom. The number of rotatable bonds is 6. The Labute approximate surface area is 120 Å². The molecule has 0 aliphatic rings. The summed E-state index contributed by atoms with van der Waals surface area (Å²) < 4.78 is 5.65. The highest BCUT2D eigenvalue weighted by Crippen LogP contribution is 2.11. The van der Waals surface area contributed by atoms with Gasteiger partial charge in [0.15, 0.2) is 0 Å². The number of hydrogen-bond acceptors (Lipinski definition) is 3. The van der Waals surface area contributed by atoms with E-state index >= 15 is 0 Å². The Morgan fingerprint density at radius 1 is 1.42 bits per heavy atom. The molecule has 0 aliphatic heterocycles. The number of methoxy groups -OCH3 is 1. The molecule has 0 bridgehead atoms. The molecule has 0 radical (unpaired) electrons. The molecule has 1 atom stereocenters. The van der Waals surface area contributed by atoms with Gasteiger partial charge in [-0.3, -0.25) is 9.59 Å². The zero-order chi connectivity index (χ0) is 14.3. The van der Waals surface area contributed by atoms with E-state index in [1.165, 1.54) is 0 Å². The van der Waals surface area contributed by atoms with Crippen LogP contribution in [0.25, 0.3) is 0 Å². The number of benzene rings is 1. The first-order valence-corrected chi connectivity index (χ1v) is 6.67. The summed E-state index contributed by atoms with van der Waals surface area (Å²) in [6.07, 6.45) is 0. The molecular weight excluding hydrogens is 312 g/mol. The maximum Gasteiger partial charge on any atom is 0.251 e. The molecule has 0 saturated heterocycles. The summed E-state index contributed by atoms with van der Waals surface area (Å²) in [6, 6.07) is 6.39. The summed E-state index contributed by atoms with van der Waals surface area (Å²) in [7, 11) is 1.56. The smallest absolute Gasteiger partial charge is 0.251 e. The molecule has 1 unspecified atom stereocenters. The Balaban J connectivity index is 2.49. The number of hydrogen-bond donors (Lipinski definition) is 2. The lowest BCUT2D eigenvalue weighted by Gasteiger charge is -2.14. The standard InChI is InChI=1S/C13H17BrN2O3/c1-9(12(17)15-6-7-19-2)16-13(18)10-4-3-5-11(14)8-10/h3-5,8-9H,6-7H2,1-2H3,(H,15,17)(H,16,18). The van der Waals surface area contributed by atoms with Crippen LogP contribution in [0.15, 0.2) is 28.7 Å². The van der Waals surface area contributed by atoms with E-state index in [1.807, 2.05) is 6.07 Å². The molecule has 1 rings (SSSR count). The van der Waals surface area contributed by atoms with E-state index in [4.69, 9.17) is 4.74 Å². The van der Waals surface area contributed by atoms with Crippen LogP contribution in [0.5, 0.6) is 0 Å². The lowest BCUT2D eigenvalue weighted by molar-refractivity contribution is -0.122. The van der Waals surface area contributed by atoms with Crippen LogP contribution in [-0.4, -0.2) is 38.1 Å². The van der Waals surface area contributed by atoms with Crippen molar-refractivity contribution in [2.45, 2.75) is 13.0 Å². The second kappa shape index (κ2) is 7.91. The molecule has 0 aliphatic carbocycles. The lowest BCUT2D eigenvalue weighted by atomic mass is 10.2. The van der Waals surface area contributed by atoms with Gasteiger partial charge in [0.1, 0.15) is 6.04 Å². The fraction of sp³-hybridized carbons (Fsp3) is 0.385. The summed E-state index contributed by atoms with van der Waals surface area (Å²) in [5.41, 5.74) is 0.505. The van der Waals surface area contributed by atoms with Crippen LogP contribution in [0, 0.1) is 0 Å². The highest BCUT2D eigenvalue weighted by molar-refractivity contribution is 9.10. The SMILES string of the molecule is COCCNC(=O)C(C)NC(=O)c1cccc(Br)c1. The molecular formula is C13H17BrN2O3. The van der Waals surface area contributed by atoms with Crippen molar-refractivity contribution >= 4 is 27.7 Å². The maximum atomic E-state index is 11.9. The first-order chi connectivity index (χ1) is 9.04. The van der Waals surface area contributed by atoms with Gasteiger partial charge in [0.05, 0.1) is 6.61 Å². The minimum atomic E-state index is -0.594. The highest BCUT2D eigenvalue weighted by Gasteiger charge is 2.16. The van der Waals surface area contributed by atoms with Crippen molar-refractivity contribution in [2.75, 3.05) is 20.3 Å². The van der Waals surface area contributed by atoms with Crippen LogP contribution < -0.4 is 10.6 Å².